The lowest BCUT2D eigenvalue weighted by atomic mass is 10.3. The second-order valence-electron chi connectivity index (χ2n) is 4.58. The van der Waals surface area contributed by atoms with Gasteiger partial charge in [0.1, 0.15) is 10.7 Å². The van der Waals surface area contributed by atoms with Crippen LogP contribution < -0.4 is 10.6 Å². The second kappa shape index (κ2) is 6.07. The molecule has 0 saturated heterocycles. The second-order valence-corrected chi connectivity index (χ2v) is 7.42. The van der Waals surface area contributed by atoms with E-state index in [0.717, 1.165) is 25.9 Å². The third-order valence-electron chi connectivity index (χ3n) is 3.00. The third kappa shape index (κ3) is 3.09. The van der Waals surface area contributed by atoms with Crippen molar-refractivity contribution in [2.45, 2.75) is 0 Å². The molecule has 0 aliphatic rings. The molecule has 5 nitrogen and oxygen atoms in total. The molecule has 0 saturated carbocycles. The minimum Gasteiger partial charge on any atom is -0.299 e. The molecule has 0 aliphatic carbocycles. The van der Waals surface area contributed by atoms with Crippen LogP contribution in [0.2, 0.25) is 0 Å². The molecule has 2 amide bonds. The van der Waals surface area contributed by atoms with Gasteiger partial charge in [0.25, 0.3) is 0 Å². The van der Waals surface area contributed by atoms with E-state index in [4.69, 9.17) is 0 Å². The van der Waals surface area contributed by atoms with Crippen LogP contribution in [-0.4, -0.2) is 16.0 Å². The van der Waals surface area contributed by atoms with Gasteiger partial charge in [-0.1, -0.05) is 12.1 Å². The van der Waals surface area contributed by atoms with E-state index in [2.05, 4.69) is 20.6 Å². The van der Waals surface area contributed by atoms with Crippen molar-refractivity contribution >= 4 is 60.4 Å². The van der Waals surface area contributed by atoms with Crippen LogP contribution in [0.5, 0.6) is 0 Å². The Balaban J connectivity index is 1.51. The van der Waals surface area contributed by atoms with Crippen LogP contribution in [0.15, 0.2) is 47.2 Å². The smallest absolute Gasteiger partial charge is 0.299 e. The molecular formula is C15H10N4OS3. The zero-order chi connectivity index (χ0) is 15.6. The molecule has 4 aromatic rings. The highest BCUT2D eigenvalue weighted by atomic mass is 32.1. The van der Waals surface area contributed by atoms with Gasteiger partial charge in [0.05, 0.1) is 15.2 Å². The number of urea groups is 1. The summed E-state index contributed by atoms with van der Waals surface area (Å²) >= 11 is 4.44. The number of rotatable bonds is 3. The predicted molar refractivity (Wildman–Crippen MR) is 97.7 cm³/mol. The van der Waals surface area contributed by atoms with Crippen LogP contribution in [0.3, 0.4) is 0 Å². The van der Waals surface area contributed by atoms with E-state index >= 15 is 0 Å². The maximum absolute atomic E-state index is 11.9. The van der Waals surface area contributed by atoms with Gasteiger partial charge < -0.3 is 0 Å². The Morgan fingerprint density at radius 1 is 1.00 bits per heavy atom. The quantitative estimate of drug-likeness (QED) is 0.534. The van der Waals surface area contributed by atoms with Crippen molar-refractivity contribution in [1.29, 1.82) is 0 Å². The molecule has 114 valence electrons. The van der Waals surface area contributed by atoms with Gasteiger partial charge in [-0.25, -0.2) is 14.8 Å². The first-order valence-electron chi connectivity index (χ1n) is 6.71. The van der Waals surface area contributed by atoms with Crippen LogP contribution >= 0.6 is 34.0 Å². The molecule has 0 fully saturated rings. The molecule has 0 unspecified atom stereocenters. The average molecular weight is 358 g/mol. The van der Waals surface area contributed by atoms with Crippen molar-refractivity contribution in [2.75, 3.05) is 10.6 Å². The number of hydrogen-bond acceptors (Lipinski definition) is 6. The van der Waals surface area contributed by atoms with Crippen LogP contribution in [0.4, 0.5) is 14.9 Å². The van der Waals surface area contributed by atoms with Gasteiger partial charge in [0, 0.05) is 5.38 Å². The topological polar surface area (TPSA) is 66.9 Å². The molecular weight excluding hydrogens is 348 g/mol. The Morgan fingerprint density at radius 3 is 2.74 bits per heavy atom. The Morgan fingerprint density at radius 2 is 1.91 bits per heavy atom. The van der Waals surface area contributed by atoms with E-state index in [1.54, 1.807) is 11.3 Å². The van der Waals surface area contributed by atoms with Crippen LogP contribution in [0, 0.1) is 0 Å². The molecule has 0 radical (unpaired) electrons. The first-order chi connectivity index (χ1) is 11.3. The van der Waals surface area contributed by atoms with E-state index in [9.17, 15) is 4.79 Å². The molecule has 23 heavy (non-hydrogen) atoms. The van der Waals surface area contributed by atoms with Gasteiger partial charge in [0.2, 0.25) is 0 Å². The normalized spacial score (nSPS) is 10.8. The number of carbonyl (C=O) groups is 1. The molecule has 2 N–H and O–H groups in total. The Hall–Kier alpha value is -2.29. The summed E-state index contributed by atoms with van der Waals surface area (Å²) in [4.78, 5) is 20.9. The standard InChI is InChI=1S/C15H10N4OS3/c20-14(18-12-6-3-7-21-12)19-15-17-10(8-22-15)13-16-9-4-1-2-5-11(9)23-13/h1-8H,(H2,17,18,19,20). The summed E-state index contributed by atoms with van der Waals surface area (Å²) in [7, 11) is 0. The average Bonchev–Trinajstić information content (AvgIpc) is 3.26. The number of nitrogens with zero attached hydrogens (tertiary/aromatic N) is 2. The number of anilines is 2. The van der Waals surface area contributed by atoms with Crippen LogP contribution in [0.1, 0.15) is 0 Å². The molecule has 4 rings (SSSR count). The molecule has 8 heteroatoms. The lowest BCUT2D eigenvalue weighted by Crippen LogP contribution is -2.18. The fraction of sp³-hybridized carbons (Fsp3) is 0. The van der Waals surface area contributed by atoms with Gasteiger partial charge in [-0.05, 0) is 29.6 Å². The predicted octanol–water partition coefficient (Wildman–Crippen LogP) is 5.13. The van der Waals surface area contributed by atoms with Gasteiger partial charge in [-0.3, -0.25) is 10.6 Å². The minimum atomic E-state index is -0.294. The fourth-order valence-electron chi connectivity index (χ4n) is 2.00. The minimum absolute atomic E-state index is 0.294. The largest absolute Gasteiger partial charge is 0.326 e. The van der Waals surface area contributed by atoms with Crippen LogP contribution in [0.25, 0.3) is 20.9 Å². The highest BCUT2D eigenvalue weighted by Crippen LogP contribution is 2.31. The summed E-state index contributed by atoms with van der Waals surface area (Å²) in [5.74, 6) is 0. The summed E-state index contributed by atoms with van der Waals surface area (Å²) in [5.41, 5.74) is 1.74. The fourth-order valence-corrected chi connectivity index (χ4v) is 4.30. The summed E-state index contributed by atoms with van der Waals surface area (Å²) in [5, 5.41) is 11.5. The van der Waals surface area contributed by atoms with Crippen molar-refractivity contribution in [2.24, 2.45) is 0 Å². The van der Waals surface area contributed by atoms with Crippen molar-refractivity contribution in [3.8, 4) is 10.7 Å². The van der Waals surface area contributed by atoms with E-state index in [1.165, 1.54) is 22.7 Å². The molecule has 3 aromatic heterocycles. The lowest BCUT2D eigenvalue weighted by Gasteiger charge is -2.01. The van der Waals surface area contributed by atoms with Crippen LogP contribution in [-0.2, 0) is 0 Å². The number of benzene rings is 1. The lowest BCUT2D eigenvalue weighted by molar-refractivity contribution is 0.262. The summed E-state index contributed by atoms with van der Waals surface area (Å²) in [6.45, 7) is 0. The van der Waals surface area contributed by atoms with E-state index in [1.807, 2.05) is 47.2 Å². The van der Waals surface area contributed by atoms with E-state index in [0.29, 0.717) is 5.13 Å². The van der Waals surface area contributed by atoms with Crippen molar-refractivity contribution in [3.63, 3.8) is 0 Å². The number of fused-ring (bicyclic) bond motifs is 1. The van der Waals surface area contributed by atoms with Gasteiger partial charge in [-0.15, -0.1) is 34.0 Å². The summed E-state index contributed by atoms with van der Waals surface area (Å²) in [6, 6.07) is 11.4. The maximum Gasteiger partial charge on any atom is 0.326 e. The highest BCUT2D eigenvalue weighted by molar-refractivity contribution is 7.22. The van der Waals surface area contributed by atoms with Gasteiger partial charge in [-0.2, -0.15) is 0 Å². The number of thiazole rings is 2. The van der Waals surface area contributed by atoms with Crippen molar-refractivity contribution < 1.29 is 4.79 Å². The Labute approximate surface area is 143 Å². The number of thiophene rings is 1. The highest BCUT2D eigenvalue weighted by Gasteiger charge is 2.12. The molecule has 3 heterocycles. The summed E-state index contributed by atoms with van der Waals surface area (Å²) < 4.78 is 1.13. The number of amides is 2. The molecule has 0 spiro atoms. The monoisotopic (exact) mass is 358 g/mol. The molecule has 0 bridgehead atoms. The van der Waals surface area contributed by atoms with E-state index < -0.39 is 0 Å². The molecule has 0 atom stereocenters. The first-order valence-corrected chi connectivity index (χ1v) is 9.28. The number of aromatic nitrogens is 2. The third-order valence-corrected chi connectivity index (χ3v) is 5.60. The summed E-state index contributed by atoms with van der Waals surface area (Å²) in [6.07, 6.45) is 0. The molecule has 0 aliphatic heterocycles. The SMILES string of the molecule is O=C(Nc1cccs1)Nc1nc(-c2nc3ccccc3s2)cs1. The van der Waals surface area contributed by atoms with Gasteiger partial charge >= 0.3 is 6.03 Å². The van der Waals surface area contributed by atoms with Crippen molar-refractivity contribution in [1.82, 2.24) is 9.97 Å². The van der Waals surface area contributed by atoms with Gasteiger partial charge in [0.15, 0.2) is 5.13 Å². The van der Waals surface area contributed by atoms with Crippen molar-refractivity contribution in [3.05, 3.63) is 47.2 Å². The zero-order valence-corrected chi connectivity index (χ0v) is 14.1. The maximum atomic E-state index is 11.9. The zero-order valence-electron chi connectivity index (χ0n) is 11.6. The first kappa shape index (κ1) is 14.3. The number of hydrogen-bond donors (Lipinski definition) is 2. The van der Waals surface area contributed by atoms with E-state index in [-0.39, 0.29) is 6.03 Å². The Bertz CT molecular complexity index is 925. The Kier molecular flexibility index (Phi) is 3.78. The molecule has 1 aromatic carbocycles. The number of para-hydroxylation sites is 1. The number of carbonyl (C=O) groups excluding carboxylic acids is 1. The number of nitrogens with one attached hydrogen (secondary N) is 2.